The molecule has 2 amide bonds. The van der Waals surface area contributed by atoms with Gasteiger partial charge in [0, 0.05) is 13.1 Å². The Morgan fingerprint density at radius 2 is 1.96 bits per heavy atom. The molecule has 1 aromatic carbocycles. The lowest BCUT2D eigenvalue weighted by atomic mass is 9.81. The fourth-order valence-electron chi connectivity index (χ4n) is 4.58. The van der Waals surface area contributed by atoms with Crippen molar-refractivity contribution in [2.75, 3.05) is 13.1 Å². The van der Waals surface area contributed by atoms with Crippen molar-refractivity contribution in [3.63, 3.8) is 0 Å². The first-order chi connectivity index (χ1) is 11.6. The lowest BCUT2D eigenvalue weighted by molar-refractivity contribution is -0.149. The van der Waals surface area contributed by atoms with Crippen LogP contribution in [0.5, 0.6) is 0 Å². The summed E-state index contributed by atoms with van der Waals surface area (Å²) in [5, 5.41) is 12.9. The summed E-state index contributed by atoms with van der Waals surface area (Å²) in [6.07, 6.45) is 4.85. The molecule has 128 valence electrons. The standard InChI is InChI=1S/C19H24N2O3/c22-17(23)19-10-4-7-15(19)11-21(12-19)18(24)20-16(14-8-9-14)13-5-2-1-3-6-13/h1-3,5-6,14-16H,4,7-12H2,(H,20,24)(H,22,23)/t15-,16?,19+/m0/s1. The molecule has 3 atom stereocenters. The zero-order chi connectivity index (χ0) is 16.7. The van der Waals surface area contributed by atoms with E-state index in [9.17, 15) is 14.7 Å². The van der Waals surface area contributed by atoms with E-state index < -0.39 is 11.4 Å². The van der Waals surface area contributed by atoms with E-state index in [1.54, 1.807) is 4.90 Å². The van der Waals surface area contributed by atoms with Gasteiger partial charge in [0.2, 0.25) is 0 Å². The minimum Gasteiger partial charge on any atom is -0.481 e. The predicted octanol–water partition coefficient (Wildman–Crippen LogP) is 3.03. The molecule has 1 unspecified atom stereocenters. The Morgan fingerprint density at radius 3 is 2.58 bits per heavy atom. The van der Waals surface area contributed by atoms with E-state index in [-0.39, 0.29) is 18.0 Å². The van der Waals surface area contributed by atoms with Crippen LogP contribution in [0.15, 0.2) is 30.3 Å². The number of amides is 2. The van der Waals surface area contributed by atoms with E-state index in [4.69, 9.17) is 0 Å². The van der Waals surface area contributed by atoms with Gasteiger partial charge in [-0.1, -0.05) is 36.8 Å². The molecule has 0 bridgehead atoms. The van der Waals surface area contributed by atoms with Gasteiger partial charge in [0.1, 0.15) is 0 Å². The molecule has 1 heterocycles. The van der Waals surface area contributed by atoms with Gasteiger partial charge < -0.3 is 15.3 Å². The van der Waals surface area contributed by atoms with E-state index >= 15 is 0 Å². The highest BCUT2D eigenvalue weighted by Gasteiger charge is 2.56. The monoisotopic (exact) mass is 328 g/mol. The van der Waals surface area contributed by atoms with Crippen molar-refractivity contribution in [3.8, 4) is 0 Å². The maximum atomic E-state index is 12.8. The number of hydrogen-bond acceptors (Lipinski definition) is 2. The lowest BCUT2D eigenvalue weighted by Crippen LogP contribution is -2.43. The molecule has 5 nitrogen and oxygen atoms in total. The minimum absolute atomic E-state index is 0.0416. The van der Waals surface area contributed by atoms with E-state index in [0.29, 0.717) is 25.4 Å². The third-order valence-electron chi connectivity index (χ3n) is 6.11. The van der Waals surface area contributed by atoms with Crippen LogP contribution >= 0.6 is 0 Å². The molecule has 4 rings (SSSR count). The van der Waals surface area contributed by atoms with Gasteiger partial charge in [-0.3, -0.25) is 4.79 Å². The molecule has 5 heteroatoms. The van der Waals surface area contributed by atoms with Crippen LogP contribution in [0.25, 0.3) is 0 Å². The zero-order valence-electron chi connectivity index (χ0n) is 13.8. The molecular weight excluding hydrogens is 304 g/mol. The van der Waals surface area contributed by atoms with Gasteiger partial charge >= 0.3 is 12.0 Å². The van der Waals surface area contributed by atoms with Crippen LogP contribution in [0, 0.1) is 17.3 Å². The smallest absolute Gasteiger partial charge is 0.317 e. The average molecular weight is 328 g/mol. The molecule has 3 fully saturated rings. The van der Waals surface area contributed by atoms with Crippen LogP contribution in [0.3, 0.4) is 0 Å². The molecule has 0 aromatic heterocycles. The second-order valence-corrected chi connectivity index (χ2v) is 7.61. The first kappa shape index (κ1) is 15.5. The Balaban J connectivity index is 1.47. The summed E-state index contributed by atoms with van der Waals surface area (Å²) < 4.78 is 0. The normalized spacial score (nSPS) is 30.0. The molecule has 24 heavy (non-hydrogen) atoms. The molecule has 1 aliphatic heterocycles. The molecule has 2 saturated carbocycles. The summed E-state index contributed by atoms with van der Waals surface area (Å²) >= 11 is 0. The number of rotatable bonds is 4. The lowest BCUT2D eigenvalue weighted by Gasteiger charge is -2.26. The number of nitrogens with one attached hydrogen (secondary N) is 1. The maximum Gasteiger partial charge on any atom is 0.317 e. The number of hydrogen-bond donors (Lipinski definition) is 2. The Morgan fingerprint density at radius 1 is 1.21 bits per heavy atom. The highest BCUT2D eigenvalue weighted by atomic mass is 16.4. The highest BCUT2D eigenvalue weighted by molar-refractivity contribution is 5.80. The molecule has 0 radical (unpaired) electrons. The third-order valence-corrected chi connectivity index (χ3v) is 6.11. The molecule has 2 aliphatic carbocycles. The van der Waals surface area contributed by atoms with Crippen LogP contribution in [0.4, 0.5) is 4.79 Å². The molecule has 1 aromatic rings. The number of fused-ring (bicyclic) bond motifs is 1. The maximum absolute atomic E-state index is 12.8. The summed E-state index contributed by atoms with van der Waals surface area (Å²) in [6, 6.07) is 10.0. The second-order valence-electron chi connectivity index (χ2n) is 7.61. The Bertz CT molecular complexity index is 643. The summed E-state index contributed by atoms with van der Waals surface area (Å²) in [7, 11) is 0. The van der Waals surface area contributed by atoms with Gasteiger partial charge in [-0.15, -0.1) is 0 Å². The number of carboxylic acid groups (broad SMARTS) is 1. The fourth-order valence-corrected chi connectivity index (χ4v) is 4.58. The van der Waals surface area contributed by atoms with Crippen LogP contribution in [-0.2, 0) is 4.79 Å². The van der Waals surface area contributed by atoms with Crippen molar-refractivity contribution < 1.29 is 14.7 Å². The van der Waals surface area contributed by atoms with Crippen molar-refractivity contribution in [1.29, 1.82) is 0 Å². The quantitative estimate of drug-likeness (QED) is 0.892. The molecule has 1 saturated heterocycles. The van der Waals surface area contributed by atoms with Crippen molar-refractivity contribution in [2.24, 2.45) is 17.3 Å². The molecule has 3 aliphatic rings. The first-order valence-electron chi connectivity index (χ1n) is 8.94. The van der Waals surface area contributed by atoms with E-state index in [2.05, 4.69) is 17.4 Å². The summed E-state index contributed by atoms with van der Waals surface area (Å²) in [5.41, 5.74) is 0.430. The minimum atomic E-state index is -0.734. The number of benzene rings is 1. The van der Waals surface area contributed by atoms with Gasteiger partial charge in [-0.05, 0) is 43.1 Å². The Labute approximate surface area is 142 Å². The number of likely N-dealkylation sites (tertiary alicyclic amines) is 1. The Hall–Kier alpha value is -2.04. The molecule has 0 spiro atoms. The van der Waals surface area contributed by atoms with Crippen molar-refractivity contribution >= 4 is 12.0 Å². The number of nitrogens with zero attached hydrogens (tertiary/aromatic N) is 1. The third kappa shape index (κ3) is 2.56. The fraction of sp³-hybridized carbons (Fsp3) is 0.579. The van der Waals surface area contributed by atoms with Gasteiger partial charge in [0.25, 0.3) is 0 Å². The van der Waals surface area contributed by atoms with Gasteiger partial charge in [0.15, 0.2) is 0 Å². The van der Waals surface area contributed by atoms with Crippen molar-refractivity contribution in [3.05, 3.63) is 35.9 Å². The topological polar surface area (TPSA) is 69.6 Å². The number of carboxylic acids is 1. The van der Waals surface area contributed by atoms with Crippen molar-refractivity contribution in [1.82, 2.24) is 10.2 Å². The van der Waals surface area contributed by atoms with Crippen LogP contribution in [-0.4, -0.2) is 35.1 Å². The van der Waals surface area contributed by atoms with Gasteiger partial charge in [-0.2, -0.15) is 0 Å². The summed E-state index contributed by atoms with van der Waals surface area (Å²) in [4.78, 5) is 26.3. The van der Waals surface area contributed by atoms with Gasteiger partial charge in [-0.25, -0.2) is 4.79 Å². The molecular formula is C19H24N2O3. The highest BCUT2D eigenvalue weighted by Crippen LogP contribution is 2.49. The van der Waals surface area contributed by atoms with Crippen molar-refractivity contribution in [2.45, 2.75) is 38.1 Å². The van der Waals surface area contributed by atoms with E-state index in [1.807, 2.05) is 18.2 Å². The number of urea groups is 1. The number of aliphatic carboxylic acids is 1. The number of carbonyl (C=O) groups excluding carboxylic acids is 1. The first-order valence-corrected chi connectivity index (χ1v) is 8.94. The van der Waals surface area contributed by atoms with Crippen LogP contribution in [0.1, 0.15) is 43.7 Å². The average Bonchev–Trinajstić information content (AvgIpc) is 3.21. The molecule has 2 N–H and O–H groups in total. The van der Waals surface area contributed by atoms with Crippen LogP contribution in [0.2, 0.25) is 0 Å². The van der Waals surface area contributed by atoms with Gasteiger partial charge in [0.05, 0.1) is 11.5 Å². The van der Waals surface area contributed by atoms with E-state index in [0.717, 1.165) is 31.2 Å². The largest absolute Gasteiger partial charge is 0.481 e. The van der Waals surface area contributed by atoms with Crippen LogP contribution < -0.4 is 5.32 Å². The Kier molecular flexibility index (Phi) is 3.74. The number of carbonyl (C=O) groups is 2. The SMILES string of the molecule is O=C(NC(c1ccccc1)C1CC1)N1C[C@@H]2CCC[C@@]2(C(=O)O)C1. The zero-order valence-corrected chi connectivity index (χ0v) is 13.8. The summed E-state index contributed by atoms with van der Waals surface area (Å²) in [6.45, 7) is 0.926. The van der Waals surface area contributed by atoms with E-state index in [1.165, 1.54) is 0 Å². The second kappa shape index (κ2) is 5.80. The summed E-state index contributed by atoms with van der Waals surface area (Å²) in [5.74, 6) is -0.120. The predicted molar refractivity (Wildman–Crippen MR) is 89.4 cm³/mol.